The average molecular weight is 617 g/mol. The molecule has 0 amide bonds. The van der Waals surface area contributed by atoms with Crippen molar-refractivity contribution in [2.45, 2.75) is 90.2 Å². The molecule has 1 aliphatic rings. The van der Waals surface area contributed by atoms with Crippen LogP contribution in [0.2, 0.25) is 0 Å². The van der Waals surface area contributed by atoms with Crippen LogP contribution >= 0.6 is 11.8 Å². The minimum Gasteiger partial charge on any atom is -0.494 e. The lowest BCUT2D eigenvalue weighted by molar-refractivity contribution is -0.233. The summed E-state index contributed by atoms with van der Waals surface area (Å²) in [5.41, 5.74) is 3.34. The molecule has 2 aromatic rings. The second-order valence-corrected chi connectivity index (χ2v) is 11.5. The normalized spacial score (nSPS) is 21.6. The molecule has 9 nitrogen and oxygen atoms in total. The highest BCUT2D eigenvalue weighted by Gasteiger charge is 2.52. The number of carbonyl (C=O) groups excluding carboxylic acids is 3. The van der Waals surface area contributed by atoms with Crippen LogP contribution in [0.1, 0.15) is 75.3 Å². The summed E-state index contributed by atoms with van der Waals surface area (Å²) in [5.74, 6) is -0.907. The second kappa shape index (κ2) is 17.3. The molecule has 10 heteroatoms. The summed E-state index contributed by atoms with van der Waals surface area (Å²) in [7, 11) is 0. The van der Waals surface area contributed by atoms with Gasteiger partial charge in [-0.2, -0.15) is 0 Å². The van der Waals surface area contributed by atoms with E-state index in [-0.39, 0.29) is 0 Å². The lowest BCUT2D eigenvalue weighted by atomic mass is 9.90. The van der Waals surface area contributed by atoms with Gasteiger partial charge in [0.25, 0.3) is 0 Å². The van der Waals surface area contributed by atoms with Crippen LogP contribution in [0, 0.1) is 6.92 Å². The Labute approximate surface area is 258 Å². The zero-order chi connectivity index (χ0) is 31.4. The zero-order valence-electron chi connectivity index (χ0n) is 26.0. The molecule has 0 spiro atoms. The lowest BCUT2D eigenvalue weighted by Crippen LogP contribution is -2.57. The Morgan fingerprint density at radius 1 is 0.814 bits per heavy atom. The summed E-state index contributed by atoms with van der Waals surface area (Å²) >= 11 is 1.32. The maximum Gasteiger partial charge on any atom is 0.303 e. The largest absolute Gasteiger partial charge is 0.494 e. The quantitative estimate of drug-likeness (QED) is 0.140. The van der Waals surface area contributed by atoms with Gasteiger partial charge in [0.15, 0.2) is 18.3 Å². The monoisotopic (exact) mass is 616 g/mol. The SMILES string of the molecule is CCCCOCCCOc1ccc(Cc2cc([C@@H]3O[C@H](SC)[C@@H](OC(C)=O)[C@H](OC(C)=O)[C@H]3OC(C)=O)ccc2C)cc1. The van der Waals surface area contributed by atoms with E-state index >= 15 is 0 Å². The first kappa shape index (κ1) is 34.4. The molecule has 0 radical (unpaired) electrons. The number of aryl methyl sites for hydroxylation is 1. The Balaban J connectivity index is 1.79. The van der Waals surface area contributed by atoms with E-state index in [9.17, 15) is 14.4 Å². The smallest absolute Gasteiger partial charge is 0.303 e. The van der Waals surface area contributed by atoms with E-state index in [0.717, 1.165) is 53.9 Å². The van der Waals surface area contributed by atoms with Crippen molar-refractivity contribution in [3.05, 3.63) is 64.7 Å². The van der Waals surface area contributed by atoms with Crippen LogP contribution in [0.5, 0.6) is 5.75 Å². The van der Waals surface area contributed by atoms with Crippen LogP contribution in [0.15, 0.2) is 42.5 Å². The molecule has 3 rings (SSSR count). The highest BCUT2D eigenvalue weighted by Crippen LogP contribution is 2.40. The fraction of sp³-hybridized carbons (Fsp3) is 0.545. The number of hydrogen-bond donors (Lipinski definition) is 0. The Bertz CT molecular complexity index is 1200. The van der Waals surface area contributed by atoms with Gasteiger partial charge in [0.1, 0.15) is 17.3 Å². The van der Waals surface area contributed by atoms with Gasteiger partial charge in [-0.1, -0.05) is 43.7 Å². The van der Waals surface area contributed by atoms with Crippen molar-refractivity contribution in [3.8, 4) is 5.75 Å². The molecule has 0 saturated carbocycles. The van der Waals surface area contributed by atoms with Crippen molar-refractivity contribution < 1.29 is 42.8 Å². The van der Waals surface area contributed by atoms with Crippen molar-refractivity contribution >= 4 is 29.7 Å². The van der Waals surface area contributed by atoms with E-state index in [1.807, 2.05) is 55.6 Å². The molecule has 1 saturated heterocycles. The van der Waals surface area contributed by atoms with Crippen LogP contribution in [-0.4, -0.2) is 67.7 Å². The van der Waals surface area contributed by atoms with Crippen molar-refractivity contribution in [2.75, 3.05) is 26.1 Å². The van der Waals surface area contributed by atoms with Crippen LogP contribution in [0.4, 0.5) is 0 Å². The van der Waals surface area contributed by atoms with Gasteiger partial charge in [0, 0.05) is 40.4 Å². The van der Waals surface area contributed by atoms with Crippen LogP contribution in [0.3, 0.4) is 0 Å². The Hall–Kier alpha value is -3.08. The third kappa shape index (κ3) is 10.5. The summed E-state index contributed by atoms with van der Waals surface area (Å²) < 4.78 is 34.7. The topological polar surface area (TPSA) is 107 Å². The molecule has 1 heterocycles. The van der Waals surface area contributed by atoms with Gasteiger partial charge in [-0.05, 0) is 60.4 Å². The maximum absolute atomic E-state index is 12.2. The summed E-state index contributed by atoms with van der Waals surface area (Å²) in [6.45, 7) is 10.1. The van der Waals surface area contributed by atoms with E-state index in [2.05, 4.69) is 6.92 Å². The molecule has 0 unspecified atom stereocenters. The molecule has 1 fully saturated rings. The standard InChI is InChI=1S/C33H44O9S/c1-7-8-16-37-17-9-18-38-28-14-11-25(12-15-28)19-27-20-26(13-10-21(27)2)29-30(39-22(3)34)31(40-23(4)35)32(41-24(5)36)33(42-29)43-6/h10-15,20,29-33H,7-9,16-19H2,1-6H3/t29-,30-,31+,32-,33+/m0/s1. The van der Waals surface area contributed by atoms with E-state index < -0.39 is 47.8 Å². The molecular weight excluding hydrogens is 572 g/mol. The van der Waals surface area contributed by atoms with Crippen molar-refractivity contribution in [1.29, 1.82) is 0 Å². The van der Waals surface area contributed by atoms with Gasteiger partial charge in [-0.25, -0.2) is 0 Å². The van der Waals surface area contributed by atoms with Crippen molar-refractivity contribution in [2.24, 2.45) is 0 Å². The number of esters is 3. The molecule has 236 valence electrons. The second-order valence-electron chi connectivity index (χ2n) is 10.6. The molecule has 0 N–H and O–H groups in total. The Kier molecular flexibility index (Phi) is 13.8. The molecule has 5 atom stereocenters. The van der Waals surface area contributed by atoms with Gasteiger partial charge in [0.2, 0.25) is 0 Å². The van der Waals surface area contributed by atoms with E-state index in [1.54, 1.807) is 0 Å². The highest BCUT2D eigenvalue weighted by molar-refractivity contribution is 7.99. The first-order chi connectivity index (χ1) is 20.6. The summed E-state index contributed by atoms with van der Waals surface area (Å²) in [4.78, 5) is 36.2. The molecular formula is C33H44O9S. The van der Waals surface area contributed by atoms with Crippen LogP contribution in [0.25, 0.3) is 0 Å². The van der Waals surface area contributed by atoms with Gasteiger partial charge < -0.3 is 28.4 Å². The van der Waals surface area contributed by atoms with Gasteiger partial charge >= 0.3 is 17.9 Å². The minimum atomic E-state index is -1.05. The minimum absolute atomic E-state index is 0.560. The fourth-order valence-electron chi connectivity index (χ4n) is 4.91. The summed E-state index contributed by atoms with van der Waals surface area (Å²) in [6, 6.07) is 14.0. The molecule has 2 aromatic carbocycles. The molecule has 0 aliphatic carbocycles. The Morgan fingerprint density at radius 2 is 1.44 bits per heavy atom. The number of ether oxygens (including phenoxy) is 6. The average Bonchev–Trinajstić information content (AvgIpc) is 2.96. The third-order valence-corrected chi connectivity index (χ3v) is 7.84. The number of unbranched alkanes of at least 4 members (excludes halogenated alkanes) is 1. The number of thioether (sulfide) groups is 1. The van der Waals surface area contributed by atoms with Crippen molar-refractivity contribution in [1.82, 2.24) is 0 Å². The zero-order valence-corrected chi connectivity index (χ0v) is 26.8. The van der Waals surface area contributed by atoms with E-state index in [0.29, 0.717) is 19.6 Å². The fourth-order valence-corrected chi connectivity index (χ4v) is 5.62. The number of benzene rings is 2. The van der Waals surface area contributed by atoms with Gasteiger partial charge in [0.05, 0.1) is 6.61 Å². The molecule has 1 aliphatic heterocycles. The number of carbonyl (C=O) groups is 3. The van der Waals surface area contributed by atoms with Gasteiger partial charge in [-0.3, -0.25) is 14.4 Å². The summed E-state index contributed by atoms with van der Waals surface area (Å²) in [6.07, 6.45) is 1.70. The highest BCUT2D eigenvalue weighted by atomic mass is 32.2. The van der Waals surface area contributed by atoms with Crippen LogP contribution in [-0.2, 0) is 44.5 Å². The van der Waals surface area contributed by atoms with E-state index in [4.69, 9.17) is 28.4 Å². The Morgan fingerprint density at radius 3 is 2.07 bits per heavy atom. The molecule has 0 aromatic heterocycles. The summed E-state index contributed by atoms with van der Waals surface area (Å²) in [5, 5.41) is 0. The molecule has 0 bridgehead atoms. The van der Waals surface area contributed by atoms with Crippen LogP contribution < -0.4 is 4.74 Å². The first-order valence-corrected chi connectivity index (χ1v) is 16.0. The maximum atomic E-state index is 12.2. The van der Waals surface area contributed by atoms with Gasteiger partial charge in [-0.15, -0.1) is 11.8 Å². The number of rotatable bonds is 15. The lowest BCUT2D eigenvalue weighted by Gasteiger charge is -2.44. The molecule has 43 heavy (non-hydrogen) atoms. The predicted octanol–water partition coefficient (Wildman–Crippen LogP) is 5.73. The third-order valence-electron chi connectivity index (χ3n) is 7.00. The van der Waals surface area contributed by atoms with Crippen molar-refractivity contribution in [3.63, 3.8) is 0 Å². The predicted molar refractivity (Wildman–Crippen MR) is 164 cm³/mol. The first-order valence-electron chi connectivity index (χ1n) is 14.7. The number of hydrogen-bond acceptors (Lipinski definition) is 10. The van der Waals surface area contributed by atoms with E-state index in [1.165, 1.54) is 32.5 Å².